The van der Waals surface area contributed by atoms with E-state index in [2.05, 4.69) is 13.8 Å². The lowest BCUT2D eigenvalue weighted by Gasteiger charge is -2.27. The molecule has 18 heavy (non-hydrogen) atoms. The van der Waals surface area contributed by atoms with E-state index in [4.69, 9.17) is 0 Å². The summed E-state index contributed by atoms with van der Waals surface area (Å²) in [6, 6.07) is 3.49. The molecule has 1 atom stereocenters. The van der Waals surface area contributed by atoms with Crippen LogP contribution in [-0.2, 0) is 10.2 Å². The molecule has 0 aliphatic carbocycles. The van der Waals surface area contributed by atoms with Gasteiger partial charge in [0.2, 0.25) is 0 Å². The lowest BCUT2D eigenvalue weighted by Crippen LogP contribution is -2.41. The lowest BCUT2D eigenvalue weighted by atomic mass is 9.91. The smallest absolute Gasteiger partial charge is 0.316 e. The fraction of sp³-hybridized carbons (Fsp3) is 0.538. The normalized spacial score (nSPS) is 21.0. The number of thiophene rings is 1. The first-order valence-corrected chi connectivity index (χ1v) is 6.85. The Balaban J connectivity index is 2.20. The second kappa shape index (κ2) is 4.39. The van der Waals surface area contributed by atoms with Crippen LogP contribution in [0, 0.1) is 0 Å². The number of urea groups is 1. The van der Waals surface area contributed by atoms with Gasteiger partial charge in [-0.25, -0.2) is 4.79 Å². The molecule has 1 aromatic heterocycles. The van der Waals surface area contributed by atoms with Crippen LogP contribution in [0.1, 0.15) is 25.6 Å². The molecule has 2 rings (SSSR count). The summed E-state index contributed by atoms with van der Waals surface area (Å²) in [6.45, 7) is 6.31. The van der Waals surface area contributed by atoms with Crippen LogP contribution in [0.3, 0.4) is 0 Å². The van der Waals surface area contributed by atoms with Gasteiger partial charge in [-0.05, 0) is 18.4 Å². The molecule has 5 heteroatoms. The summed E-state index contributed by atoms with van der Waals surface area (Å²) >= 11 is 1.65. The van der Waals surface area contributed by atoms with Crippen LogP contribution < -0.4 is 0 Å². The van der Waals surface area contributed by atoms with Gasteiger partial charge in [0.1, 0.15) is 6.04 Å². The average molecular weight is 266 g/mol. The van der Waals surface area contributed by atoms with Gasteiger partial charge in [0.15, 0.2) is 0 Å². The van der Waals surface area contributed by atoms with E-state index in [1.807, 2.05) is 17.5 Å². The molecule has 98 valence electrons. The predicted octanol–water partition coefficient (Wildman–Crippen LogP) is 2.31. The second-order valence-corrected chi connectivity index (χ2v) is 6.30. The molecule has 0 radical (unpaired) electrons. The van der Waals surface area contributed by atoms with E-state index in [1.54, 1.807) is 25.3 Å². The molecule has 1 aliphatic rings. The van der Waals surface area contributed by atoms with Gasteiger partial charge in [0.25, 0.3) is 5.91 Å². The summed E-state index contributed by atoms with van der Waals surface area (Å²) in [5.41, 5.74) is -0.204. The summed E-state index contributed by atoms with van der Waals surface area (Å²) in [7, 11) is 1.67. The van der Waals surface area contributed by atoms with Crippen molar-refractivity contribution in [2.45, 2.75) is 32.2 Å². The van der Waals surface area contributed by atoms with Crippen molar-refractivity contribution < 1.29 is 9.59 Å². The first-order valence-electron chi connectivity index (χ1n) is 5.97. The Morgan fingerprint density at radius 3 is 2.50 bits per heavy atom. The van der Waals surface area contributed by atoms with Crippen molar-refractivity contribution in [1.82, 2.24) is 9.80 Å². The highest BCUT2D eigenvalue weighted by atomic mass is 32.1. The molecule has 4 nitrogen and oxygen atoms in total. The Morgan fingerprint density at radius 2 is 2.06 bits per heavy atom. The van der Waals surface area contributed by atoms with Crippen molar-refractivity contribution in [1.29, 1.82) is 0 Å². The van der Waals surface area contributed by atoms with E-state index in [0.29, 0.717) is 6.54 Å². The van der Waals surface area contributed by atoms with E-state index >= 15 is 0 Å². The molecule has 1 aliphatic heterocycles. The number of nitrogens with zero attached hydrogens (tertiary/aromatic N) is 2. The topological polar surface area (TPSA) is 40.6 Å². The van der Waals surface area contributed by atoms with Crippen LogP contribution in [-0.4, -0.2) is 41.4 Å². The monoisotopic (exact) mass is 266 g/mol. The summed E-state index contributed by atoms with van der Waals surface area (Å²) in [6.07, 6.45) is 0. The summed E-state index contributed by atoms with van der Waals surface area (Å²) in [5.74, 6) is -0.105. The molecule has 1 fully saturated rings. The maximum absolute atomic E-state index is 12.0. The minimum atomic E-state index is -0.350. The van der Waals surface area contributed by atoms with Gasteiger partial charge in [-0.2, -0.15) is 0 Å². The van der Waals surface area contributed by atoms with Gasteiger partial charge >= 0.3 is 6.03 Å². The third-order valence-electron chi connectivity index (χ3n) is 3.48. The number of imide groups is 1. The number of amides is 3. The molecule has 2 heterocycles. The minimum absolute atomic E-state index is 0.105. The highest BCUT2D eigenvalue weighted by Crippen LogP contribution is 2.30. The summed E-state index contributed by atoms with van der Waals surface area (Å²) in [4.78, 5) is 28.1. The second-order valence-electron chi connectivity index (χ2n) is 5.36. The minimum Gasteiger partial charge on any atom is -0.316 e. The van der Waals surface area contributed by atoms with Gasteiger partial charge in [0, 0.05) is 23.9 Å². The summed E-state index contributed by atoms with van der Waals surface area (Å²) in [5, 5.41) is 2.01. The Bertz CT molecular complexity index is 447. The zero-order chi connectivity index (χ0) is 13.5. The van der Waals surface area contributed by atoms with Crippen LogP contribution in [0.5, 0.6) is 0 Å². The first kappa shape index (κ1) is 13.1. The molecule has 3 amide bonds. The molecular weight excluding hydrogens is 248 g/mol. The standard InChI is InChI=1S/C13H18N2O2S/c1-9-11(16)15(12(17)14(9)4)8-13(2,3)10-6-5-7-18-10/h5-7,9H,8H2,1-4H3/t9-/m1/s1. The van der Waals surface area contributed by atoms with Gasteiger partial charge in [-0.15, -0.1) is 11.3 Å². The van der Waals surface area contributed by atoms with Crippen LogP contribution in [0.25, 0.3) is 0 Å². The molecule has 0 spiro atoms. The third kappa shape index (κ3) is 2.03. The number of hydrogen-bond acceptors (Lipinski definition) is 3. The van der Waals surface area contributed by atoms with E-state index in [-0.39, 0.29) is 23.4 Å². The van der Waals surface area contributed by atoms with Crippen LogP contribution in [0.15, 0.2) is 17.5 Å². The quantitative estimate of drug-likeness (QED) is 0.788. The van der Waals surface area contributed by atoms with Gasteiger partial charge in [-0.1, -0.05) is 19.9 Å². The number of rotatable bonds is 3. The SMILES string of the molecule is C[C@@H]1C(=O)N(CC(C)(C)c2cccs2)C(=O)N1C. The van der Waals surface area contributed by atoms with Crippen LogP contribution >= 0.6 is 11.3 Å². The van der Waals surface area contributed by atoms with Gasteiger partial charge < -0.3 is 4.90 Å². The maximum atomic E-state index is 12.0. The fourth-order valence-corrected chi connectivity index (χ4v) is 2.97. The first-order chi connectivity index (χ1) is 8.34. The predicted molar refractivity (Wildman–Crippen MR) is 71.7 cm³/mol. The van der Waals surface area contributed by atoms with Crippen molar-refractivity contribution in [3.05, 3.63) is 22.4 Å². The van der Waals surface area contributed by atoms with E-state index in [9.17, 15) is 9.59 Å². The molecule has 1 aromatic rings. The van der Waals surface area contributed by atoms with Crippen molar-refractivity contribution >= 4 is 23.3 Å². The fourth-order valence-electron chi connectivity index (χ4n) is 2.12. The number of carbonyl (C=O) groups is 2. The molecule has 1 saturated heterocycles. The number of carbonyl (C=O) groups excluding carboxylic acids is 2. The van der Waals surface area contributed by atoms with Crippen LogP contribution in [0.2, 0.25) is 0 Å². The molecule has 0 saturated carbocycles. The van der Waals surface area contributed by atoms with E-state index < -0.39 is 0 Å². The van der Waals surface area contributed by atoms with Crippen molar-refractivity contribution in [3.8, 4) is 0 Å². The van der Waals surface area contributed by atoms with Gasteiger partial charge in [0.05, 0.1) is 0 Å². The Kier molecular flexibility index (Phi) is 3.19. The number of likely N-dealkylation sites (N-methyl/N-ethyl adjacent to an activating group) is 1. The van der Waals surface area contributed by atoms with Crippen LogP contribution in [0.4, 0.5) is 4.79 Å². The summed E-state index contributed by atoms with van der Waals surface area (Å²) < 4.78 is 0. The zero-order valence-corrected chi connectivity index (χ0v) is 12.0. The molecule has 0 N–H and O–H groups in total. The maximum Gasteiger partial charge on any atom is 0.327 e. The van der Waals surface area contributed by atoms with Crippen molar-refractivity contribution in [2.24, 2.45) is 0 Å². The van der Waals surface area contributed by atoms with E-state index in [1.165, 1.54) is 14.7 Å². The highest BCUT2D eigenvalue weighted by molar-refractivity contribution is 7.10. The van der Waals surface area contributed by atoms with Crippen molar-refractivity contribution in [3.63, 3.8) is 0 Å². The highest BCUT2D eigenvalue weighted by Gasteiger charge is 2.42. The molecular formula is C13H18N2O2S. The van der Waals surface area contributed by atoms with E-state index in [0.717, 1.165) is 0 Å². The Morgan fingerprint density at radius 1 is 1.39 bits per heavy atom. The van der Waals surface area contributed by atoms with Gasteiger partial charge in [-0.3, -0.25) is 9.69 Å². The zero-order valence-electron chi connectivity index (χ0n) is 11.1. The molecule has 0 bridgehead atoms. The lowest BCUT2D eigenvalue weighted by molar-refractivity contribution is -0.128. The number of hydrogen-bond donors (Lipinski definition) is 0. The third-order valence-corrected chi connectivity index (χ3v) is 4.71. The largest absolute Gasteiger partial charge is 0.327 e. The molecule has 0 unspecified atom stereocenters. The Labute approximate surface area is 111 Å². The Hall–Kier alpha value is -1.36. The molecule has 0 aromatic carbocycles. The van der Waals surface area contributed by atoms with Crippen molar-refractivity contribution in [2.75, 3.05) is 13.6 Å². The average Bonchev–Trinajstić information content (AvgIpc) is 2.91.